The van der Waals surface area contributed by atoms with Gasteiger partial charge in [0.15, 0.2) is 0 Å². The second-order valence-corrected chi connectivity index (χ2v) is 9.01. The van der Waals surface area contributed by atoms with E-state index in [0.717, 1.165) is 30.4 Å². The standard InChI is InChI=1S/C21H30FNO3/c1-14-10-16(22)9-8-15(14)11-21(25)12-17-6-5-7-18(13-21)23(17)19(24)26-20(2,3)4/h8-10,17-18,25H,5-7,11-13H2,1-4H3. The Balaban J connectivity index is 1.77. The first kappa shape index (κ1) is 19.2. The molecule has 144 valence electrons. The van der Waals surface area contributed by atoms with Gasteiger partial charge in [0.25, 0.3) is 0 Å². The van der Waals surface area contributed by atoms with Crippen molar-refractivity contribution in [3.63, 3.8) is 0 Å². The van der Waals surface area contributed by atoms with Crippen molar-refractivity contribution in [2.45, 2.75) is 89.5 Å². The van der Waals surface area contributed by atoms with Gasteiger partial charge in [0.05, 0.1) is 5.60 Å². The molecule has 4 nitrogen and oxygen atoms in total. The van der Waals surface area contributed by atoms with E-state index < -0.39 is 11.2 Å². The number of carbonyl (C=O) groups excluding carboxylic acids is 1. The van der Waals surface area contributed by atoms with Crippen LogP contribution in [0.1, 0.15) is 64.0 Å². The minimum absolute atomic E-state index is 0.00287. The summed E-state index contributed by atoms with van der Waals surface area (Å²) in [5.74, 6) is -0.255. The number of carbonyl (C=O) groups is 1. The molecule has 2 bridgehead atoms. The van der Waals surface area contributed by atoms with E-state index in [1.165, 1.54) is 12.1 Å². The lowest BCUT2D eigenvalue weighted by molar-refractivity contribution is -0.0919. The van der Waals surface area contributed by atoms with Gasteiger partial charge in [-0.1, -0.05) is 6.07 Å². The SMILES string of the molecule is Cc1cc(F)ccc1CC1(O)CC2CCCC(C1)N2C(=O)OC(C)(C)C. The van der Waals surface area contributed by atoms with E-state index in [1.807, 2.05) is 32.6 Å². The highest BCUT2D eigenvalue weighted by atomic mass is 19.1. The smallest absolute Gasteiger partial charge is 0.410 e. The summed E-state index contributed by atoms with van der Waals surface area (Å²) < 4.78 is 19.0. The fourth-order valence-corrected chi connectivity index (χ4v) is 4.50. The highest BCUT2D eigenvalue weighted by Crippen LogP contribution is 2.41. The zero-order valence-corrected chi connectivity index (χ0v) is 16.2. The number of piperidine rings is 2. The number of aryl methyl sites for hydroxylation is 1. The lowest BCUT2D eigenvalue weighted by Gasteiger charge is -2.52. The third kappa shape index (κ3) is 4.20. The zero-order valence-electron chi connectivity index (χ0n) is 16.2. The van der Waals surface area contributed by atoms with Gasteiger partial charge in [-0.3, -0.25) is 0 Å². The summed E-state index contributed by atoms with van der Waals surface area (Å²) in [5.41, 5.74) is 0.442. The number of hydrogen-bond acceptors (Lipinski definition) is 3. The van der Waals surface area contributed by atoms with E-state index in [9.17, 15) is 14.3 Å². The highest BCUT2D eigenvalue weighted by Gasteiger charge is 2.48. The maximum Gasteiger partial charge on any atom is 0.410 e. The van der Waals surface area contributed by atoms with Crippen molar-refractivity contribution in [3.05, 3.63) is 35.1 Å². The molecule has 2 heterocycles. The van der Waals surface area contributed by atoms with Crippen molar-refractivity contribution in [3.8, 4) is 0 Å². The predicted octanol–water partition coefficient (Wildman–Crippen LogP) is 4.36. The van der Waals surface area contributed by atoms with E-state index in [2.05, 4.69) is 0 Å². The lowest BCUT2D eigenvalue weighted by Crippen LogP contribution is -2.61. The molecule has 0 aliphatic carbocycles. The molecule has 1 N–H and O–H groups in total. The van der Waals surface area contributed by atoms with Crippen molar-refractivity contribution < 1.29 is 19.0 Å². The Hall–Kier alpha value is -1.62. The maximum absolute atomic E-state index is 13.4. The maximum atomic E-state index is 13.4. The minimum Gasteiger partial charge on any atom is -0.444 e. The van der Waals surface area contributed by atoms with E-state index in [0.29, 0.717) is 19.3 Å². The number of hydrogen-bond donors (Lipinski definition) is 1. The quantitative estimate of drug-likeness (QED) is 0.849. The van der Waals surface area contributed by atoms with E-state index >= 15 is 0 Å². The third-order valence-electron chi connectivity index (χ3n) is 5.52. The van der Waals surface area contributed by atoms with Crippen LogP contribution in [0.3, 0.4) is 0 Å². The largest absolute Gasteiger partial charge is 0.444 e. The lowest BCUT2D eigenvalue weighted by atomic mass is 9.73. The number of ether oxygens (including phenoxy) is 1. The normalized spacial score (nSPS) is 28.8. The summed E-state index contributed by atoms with van der Waals surface area (Å²) in [7, 11) is 0. The average molecular weight is 363 g/mol. The third-order valence-corrected chi connectivity index (χ3v) is 5.52. The van der Waals surface area contributed by atoms with Crippen LogP contribution in [0.5, 0.6) is 0 Å². The summed E-state index contributed by atoms with van der Waals surface area (Å²) in [6.45, 7) is 7.49. The number of benzene rings is 1. The molecular formula is C21H30FNO3. The van der Waals surface area contributed by atoms with Crippen LogP contribution in [0, 0.1) is 12.7 Å². The van der Waals surface area contributed by atoms with E-state index in [1.54, 1.807) is 6.07 Å². The Labute approximate surface area is 155 Å². The van der Waals surface area contributed by atoms with Crippen LogP contribution in [0.15, 0.2) is 18.2 Å². The molecule has 3 rings (SSSR count). The number of aliphatic hydroxyl groups is 1. The molecule has 0 aromatic heterocycles. The molecule has 2 saturated heterocycles. The van der Waals surface area contributed by atoms with Gasteiger partial charge in [0, 0.05) is 18.5 Å². The molecule has 0 radical (unpaired) electrons. The van der Waals surface area contributed by atoms with Crippen LogP contribution < -0.4 is 0 Å². The number of nitrogens with zero attached hydrogens (tertiary/aromatic N) is 1. The number of amides is 1. The summed E-state index contributed by atoms with van der Waals surface area (Å²) in [5, 5.41) is 11.3. The molecule has 0 spiro atoms. The van der Waals surface area contributed by atoms with Crippen molar-refractivity contribution in [2.75, 3.05) is 0 Å². The Morgan fingerprint density at radius 1 is 1.31 bits per heavy atom. The Morgan fingerprint density at radius 3 is 2.46 bits per heavy atom. The van der Waals surface area contributed by atoms with Crippen LogP contribution in [-0.4, -0.2) is 39.4 Å². The molecule has 26 heavy (non-hydrogen) atoms. The summed E-state index contributed by atoms with van der Waals surface area (Å²) in [6, 6.07) is 4.72. The molecule has 2 fully saturated rings. The van der Waals surface area contributed by atoms with Gasteiger partial charge in [-0.05, 0) is 83.1 Å². The second kappa shape index (κ2) is 6.84. The first-order valence-electron chi connectivity index (χ1n) is 9.55. The molecule has 1 amide bonds. The van der Waals surface area contributed by atoms with Crippen LogP contribution in [0.25, 0.3) is 0 Å². The highest BCUT2D eigenvalue weighted by molar-refractivity contribution is 5.69. The van der Waals surface area contributed by atoms with Crippen molar-refractivity contribution in [2.24, 2.45) is 0 Å². The monoisotopic (exact) mass is 363 g/mol. The fourth-order valence-electron chi connectivity index (χ4n) is 4.50. The number of halogens is 1. The molecule has 1 aromatic carbocycles. The predicted molar refractivity (Wildman–Crippen MR) is 98.5 cm³/mol. The average Bonchev–Trinajstić information content (AvgIpc) is 2.47. The molecule has 1 aromatic rings. The van der Waals surface area contributed by atoms with Crippen LogP contribution in [0.2, 0.25) is 0 Å². The first-order chi connectivity index (χ1) is 12.1. The van der Waals surface area contributed by atoms with Crippen LogP contribution >= 0.6 is 0 Å². The summed E-state index contributed by atoms with van der Waals surface area (Å²) in [4.78, 5) is 14.5. The van der Waals surface area contributed by atoms with Crippen LogP contribution in [-0.2, 0) is 11.2 Å². The van der Waals surface area contributed by atoms with Gasteiger partial charge >= 0.3 is 6.09 Å². The van der Waals surface area contributed by atoms with Gasteiger partial charge in [-0.25, -0.2) is 9.18 Å². The van der Waals surface area contributed by atoms with Gasteiger partial charge in [0.1, 0.15) is 11.4 Å². The zero-order chi connectivity index (χ0) is 19.1. The topological polar surface area (TPSA) is 49.8 Å². The van der Waals surface area contributed by atoms with E-state index in [-0.39, 0.29) is 24.0 Å². The first-order valence-corrected chi connectivity index (χ1v) is 9.55. The summed E-state index contributed by atoms with van der Waals surface area (Å²) in [6.07, 6.45) is 4.15. The van der Waals surface area contributed by atoms with Crippen molar-refractivity contribution in [1.29, 1.82) is 0 Å². The van der Waals surface area contributed by atoms with Gasteiger partial charge in [-0.15, -0.1) is 0 Å². The molecule has 2 aliphatic rings. The van der Waals surface area contributed by atoms with Crippen molar-refractivity contribution in [1.82, 2.24) is 4.90 Å². The van der Waals surface area contributed by atoms with Gasteiger partial charge < -0.3 is 14.7 Å². The van der Waals surface area contributed by atoms with Gasteiger partial charge in [0.2, 0.25) is 0 Å². The molecule has 2 aliphatic heterocycles. The van der Waals surface area contributed by atoms with Gasteiger partial charge in [-0.2, -0.15) is 0 Å². The summed E-state index contributed by atoms with van der Waals surface area (Å²) >= 11 is 0. The minimum atomic E-state index is -0.864. The molecule has 0 saturated carbocycles. The molecule has 5 heteroatoms. The fraction of sp³-hybridized carbons (Fsp3) is 0.667. The molecule has 2 unspecified atom stereocenters. The number of rotatable bonds is 2. The van der Waals surface area contributed by atoms with E-state index in [4.69, 9.17) is 4.74 Å². The second-order valence-electron chi connectivity index (χ2n) is 9.01. The Morgan fingerprint density at radius 2 is 1.92 bits per heavy atom. The molecule has 2 atom stereocenters. The molecular weight excluding hydrogens is 333 g/mol. The van der Waals surface area contributed by atoms with Crippen molar-refractivity contribution >= 4 is 6.09 Å². The Kier molecular flexibility index (Phi) is 5.04. The van der Waals surface area contributed by atoms with Crippen LogP contribution in [0.4, 0.5) is 9.18 Å². The Bertz CT molecular complexity index is 668. The number of fused-ring (bicyclic) bond motifs is 2.